The summed E-state index contributed by atoms with van der Waals surface area (Å²) in [5.41, 5.74) is 23.0. The third kappa shape index (κ3) is 7.02. The van der Waals surface area contributed by atoms with Crippen molar-refractivity contribution in [1.82, 2.24) is 9.13 Å². The summed E-state index contributed by atoms with van der Waals surface area (Å²) in [6, 6.07) is 96.5. The van der Waals surface area contributed by atoms with Crippen molar-refractivity contribution in [2.24, 2.45) is 0 Å². The highest BCUT2D eigenvalue weighted by atomic mass is 32.1. The molecular weight excluding hydrogens is 1010 g/mol. The molecule has 0 atom stereocenters. The van der Waals surface area contributed by atoms with E-state index >= 15 is 0 Å². The van der Waals surface area contributed by atoms with E-state index in [-0.39, 0.29) is 17.5 Å². The average molecular weight is 1070 g/mol. The maximum atomic E-state index is 2.66. The van der Waals surface area contributed by atoms with Crippen LogP contribution in [0.4, 0.5) is 17.1 Å². The molecule has 0 saturated carbocycles. The molecular formula is C77H60BN3S. The van der Waals surface area contributed by atoms with Gasteiger partial charge >= 0.3 is 0 Å². The monoisotopic (exact) mass is 1070 g/mol. The Morgan fingerprint density at radius 2 is 0.817 bits per heavy atom. The maximum Gasteiger partial charge on any atom is 0.267 e. The van der Waals surface area contributed by atoms with Crippen LogP contribution in [0.15, 0.2) is 255 Å². The molecule has 82 heavy (non-hydrogen) atoms. The molecule has 0 spiro atoms. The lowest BCUT2D eigenvalue weighted by Gasteiger charge is -2.40. The van der Waals surface area contributed by atoms with Crippen LogP contribution in [0, 0.1) is 0 Å². The number of hydrogen-bond donors (Lipinski definition) is 0. The van der Waals surface area contributed by atoms with E-state index in [4.69, 9.17) is 0 Å². The van der Waals surface area contributed by atoms with E-state index in [1.807, 2.05) is 11.3 Å². The van der Waals surface area contributed by atoms with Gasteiger partial charge in [-0.15, -0.1) is 11.3 Å². The van der Waals surface area contributed by atoms with E-state index in [9.17, 15) is 0 Å². The smallest absolute Gasteiger partial charge is 0.267 e. The van der Waals surface area contributed by atoms with Gasteiger partial charge in [0.2, 0.25) is 0 Å². The second-order valence-electron chi connectivity index (χ2n) is 24.8. The van der Waals surface area contributed by atoms with Crippen LogP contribution in [0.25, 0.3) is 76.2 Å². The van der Waals surface area contributed by atoms with Crippen molar-refractivity contribution in [3.8, 4) is 22.5 Å². The number of anilines is 3. The number of para-hydroxylation sites is 3. The number of benzene rings is 11. The molecule has 0 amide bonds. The van der Waals surface area contributed by atoms with Crippen LogP contribution in [0.5, 0.6) is 0 Å². The molecule has 2 aliphatic heterocycles. The van der Waals surface area contributed by atoms with Crippen molar-refractivity contribution in [3.63, 3.8) is 0 Å². The fourth-order valence-electron chi connectivity index (χ4n) is 14.3. The van der Waals surface area contributed by atoms with Crippen LogP contribution in [-0.2, 0) is 16.2 Å². The minimum atomic E-state index is -0.567. The number of hydrogen-bond acceptors (Lipinski definition) is 2. The van der Waals surface area contributed by atoms with Gasteiger partial charge < -0.3 is 14.0 Å². The predicted molar refractivity (Wildman–Crippen MR) is 351 cm³/mol. The quantitative estimate of drug-likeness (QED) is 0.115. The largest absolute Gasteiger partial charge is 0.310 e. The Balaban J connectivity index is 1.05. The second kappa shape index (κ2) is 17.9. The van der Waals surface area contributed by atoms with Crippen molar-refractivity contribution in [2.45, 2.75) is 57.8 Å². The second-order valence-corrected chi connectivity index (χ2v) is 25.9. The van der Waals surface area contributed by atoms with Crippen LogP contribution < -0.4 is 20.6 Å². The molecule has 3 aromatic heterocycles. The van der Waals surface area contributed by atoms with Crippen LogP contribution in [0.1, 0.15) is 74.9 Å². The van der Waals surface area contributed by atoms with Crippen LogP contribution in [0.3, 0.4) is 0 Å². The molecule has 3 nitrogen and oxygen atoms in total. The van der Waals surface area contributed by atoms with Gasteiger partial charge in [-0.25, -0.2) is 0 Å². The maximum absolute atomic E-state index is 2.66. The minimum absolute atomic E-state index is 0.00905. The van der Waals surface area contributed by atoms with Gasteiger partial charge in [-0.1, -0.05) is 230 Å². The number of fused-ring (bicyclic) bond motifs is 13. The van der Waals surface area contributed by atoms with Gasteiger partial charge in [-0.3, -0.25) is 0 Å². The van der Waals surface area contributed by atoms with Crippen molar-refractivity contribution < 1.29 is 0 Å². The van der Waals surface area contributed by atoms with Crippen molar-refractivity contribution >= 4 is 105 Å². The first-order valence-electron chi connectivity index (χ1n) is 28.9. The summed E-state index contributed by atoms with van der Waals surface area (Å²) in [6.07, 6.45) is 0. The Bertz CT molecular complexity index is 4750. The van der Waals surface area contributed by atoms with Gasteiger partial charge in [0.05, 0.1) is 33.2 Å². The summed E-state index contributed by atoms with van der Waals surface area (Å²) < 4.78 is 7.91. The Hall–Kier alpha value is -9.16. The lowest BCUT2D eigenvalue weighted by atomic mass is 9.36. The van der Waals surface area contributed by atoms with E-state index in [0.717, 1.165) is 11.4 Å². The topological polar surface area (TPSA) is 13.1 Å². The zero-order valence-electron chi connectivity index (χ0n) is 47.1. The highest BCUT2D eigenvalue weighted by Gasteiger charge is 2.47. The highest BCUT2D eigenvalue weighted by Crippen LogP contribution is 2.51. The fourth-order valence-corrected chi connectivity index (χ4v) is 15.6. The SMILES string of the molecule is CC(C)(C)c1ccc(N2c3cc(-c4ccc(C(c5ccccc5)(c5ccccc5)c5ccccc5)cc4)cc4c3B(c3sc5ccc(C(C)(C)C)cc5c32)c2c3c(cc5c6ccccc6n-4c25)c2ccccc2n3-c2ccccc2)cc1. The number of rotatable bonds is 7. The summed E-state index contributed by atoms with van der Waals surface area (Å²) in [5, 5.41) is 6.39. The van der Waals surface area contributed by atoms with E-state index < -0.39 is 5.41 Å². The summed E-state index contributed by atoms with van der Waals surface area (Å²) in [7, 11) is 0. The lowest BCUT2D eigenvalue weighted by Crippen LogP contribution is -2.60. The molecule has 0 bridgehead atoms. The molecule has 14 aromatic rings. The molecule has 392 valence electrons. The molecule has 5 heteroatoms. The molecule has 0 radical (unpaired) electrons. The van der Waals surface area contributed by atoms with Crippen molar-refractivity contribution in [3.05, 3.63) is 288 Å². The third-order valence-corrected chi connectivity index (χ3v) is 19.4. The Kier molecular flexibility index (Phi) is 10.6. The van der Waals surface area contributed by atoms with Crippen molar-refractivity contribution in [2.75, 3.05) is 4.90 Å². The summed E-state index contributed by atoms with van der Waals surface area (Å²) >= 11 is 1.99. The number of thiophene rings is 1. The molecule has 0 N–H and O–H groups in total. The lowest BCUT2D eigenvalue weighted by molar-refractivity contribution is 0.590. The normalized spacial score (nSPS) is 13.2. The standard InChI is InChI=1S/C77H60BN3S/c1-75(2,3)51-39-42-58(43-40-51)80-66-45-50(49-35-37-55(38-36-49)77(52-23-11-7-12-24-52,53-25-13-8-14-26-53)54-27-15-9-16-28-54)46-67-69(66)78(74-73(80)63-47-56(76(4,5)6)41-44-68(63)82-74)70-71-61(48-62-60-32-20-22-34-65(60)81(67)72(62)70)59-31-19-21-33-64(59)79(71)57-29-17-10-18-30-57/h7-48H,1-6H3. The van der Waals surface area contributed by atoms with Gasteiger partial charge in [-0.2, -0.15) is 0 Å². The zero-order chi connectivity index (χ0) is 55.2. The molecule has 0 saturated heterocycles. The molecule has 11 aromatic carbocycles. The van der Waals surface area contributed by atoms with Gasteiger partial charge in [0, 0.05) is 59.2 Å². The van der Waals surface area contributed by atoms with Crippen molar-refractivity contribution in [1.29, 1.82) is 0 Å². The summed E-state index contributed by atoms with van der Waals surface area (Å²) in [5.74, 6) is 0. The van der Waals surface area contributed by atoms with Crippen LogP contribution in [-0.4, -0.2) is 15.8 Å². The summed E-state index contributed by atoms with van der Waals surface area (Å²) in [6.45, 7) is 13.9. The molecule has 0 fully saturated rings. The first kappa shape index (κ1) is 48.7. The first-order chi connectivity index (χ1) is 40.0. The van der Waals surface area contributed by atoms with E-state index in [1.165, 1.54) is 131 Å². The highest BCUT2D eigenvalue weighted by molar-refractivity contribution is 7.34. The molecule has 0 aliphatic carbocycles. The van der Waals surface area contributed by atoms with Crippen LogP contribution in [0.2, 0.25) is 0 Å². The fraction of sp³-hybridized carbons (Fsp3) is 0.117. The van der Waals surface area contributed by atoms with E-state index in [2.05, 4.69) is 310 Å². The van der Waals surface area contributed by atoms with E-state index in [0.29, 0.717) is 0 Å². The van der Waals surface area contributed by atoms with Gasteiger partial charge in [0.15, 0.2) is 0 Å². The van der Waals surface area contributed by atoms with Gasteiger partial charge in [-0.05, 0) is 133 Å². The van der Waals surface area contributed by atoms with Gasteiger partial charge in [0.25, 0.3) is 6.71 Å². The van der Waals surface area contributed by atoms with Gasteiger partial charge in [0.1, 0.15) is 0 Å². The minimum Gasteiger partial charge on any atom is -0.310 e. The van der Waals surface area contributed by atoms with E-state index in [1.54, 1.807) is 0 Å². The third-order valence-electron chi connectivity index (χ3n) is 18.1. The molecule has 16 rings (SSSR count). The first-order valence-corrected chi connectivity index (χ1v) is 29.8. The van der Waals surface area contributed by atoms with Crippen LogP contribution >= 0.6 is 11.3 Å². The Labute approximate surface area is 484 Å². The predicted octanol–water partition coefficient (Wildman–Crippen LogP) is 18.4. The zero-order valence-corrected chi connectivity index (χ0v) is 47.9. The molecule has 0 unspecified atom stereocenters. The Morgan fingerprint density at radius 1 is 0.341 bits per heavy atom. The average Bonchev–Trinajstić information content (AvgIpc) is 2.39. The Morgan fingerprint density at radius 3 is 1.39 bits per heavy atom. The molecule has 2 aliphatic rings. The molecule has 5 heterocycles. The number of aromatic nitrogens is 2. The summed E-state index contributed by atoms with van der Waals surface area (Å²) in [4.78, 5) is 2.66. The number of nitrogens with zero attached hydrogens (tertiary/aromatic N) is 3.